The van der Waals surface area contributed by atoms with E-state index in [2.05, 4.69) is 20.4 Å². The normalized spacial score (nSPS) is 14.6. The molecule has 0 bridgehead atoms. The second kappa shape index (κ2) is 12.3. The third kappa shape index (κ3) is 6.66. The molecule has 1 aliphatic heterocycles. The molecular weight excluding hydrogens is 571 g/mol. The Labute approximate surface area is 261 Å². The second-order valence-electron chi connectivity index (χ2n) is 12.8. The van der Waals surface area contributed by atoms with Crippen LogP contribution in [-0.2, 0) is 18.6 Å². The fourth-order valence-corrected chi connectivity index (χ4v) is 5.98. The van der Waals surface area contributed by atoms with Crippen LogP contribution in [0.15, 0.2) is 79.1 Å². The van der Waals surface area contributed by atoms with Gasteiger partial charge in [0.2, 0.25) is 0 Å². The van der Waals surface area contributed by atoms with E-state index in [9.17, 15) is 14.0 Å². The molecule has 2 N–H and O–H groups in total. The monoisotopic (exact) mass is 608 g/mol. The third-order valence-corrected chi connectivity index (χ3v) is 8.41. The summed E-state index contributed by atoms with van der Waals surface area (Å²) in [6.45, 7) is 9.54. The Balaban J connectivity index is 1.13. The van der Waals surface area contributed by atoms with Crippen molar-refractivity contribution in [1.82, 2.24) is 24.5 Å². The number of fused-ring (bicyclic) bond motifs is 1. The Kier molecular flexibility index (Phi) is 8.24. The molecule has 0 unspecified atom stereocenters. The van der Waals surface area contributed by atoms with Gasteiger partial charge in [-0.1, -0.05) is 12.1 Å². The van der Waals surface area contributed by atoms with E-state index in [1.165, 1.54) is 12.1 Å². The van der Waals surface area contributed by atoms with E-state index in [4.69, 9.17) is 5.11 Å². The molecule has 9 nitrogen and oxygen atoms in total. The Morgan fingerprint density at radius 3 is 2.33 bits per heavy atom. The van der Waals surface area contributed by atoms with Gasteiger partial charge in [-0.25, -0.2) is 9.18 Å². The molecule has 1 amide bonds. The number of likely N-dealkylation sites (tertiary alicyclic amines) is 1. The summed E-state index contributed by atoms with van der Waals surface area (Å²) in [5, 5.41) is 22.4. The predicted molar refractivity (Wildman–Crippen MR) is 172 cm³/mol. The highest BCUT2D eigenvalue weighted by Crippen LogP contribution is 2.30. The highest BCUT2D eigenvalue weighted by atomic mass is 19.1. The zero-order valence-corrected chi connectivity index (χ0v) is 25.7. The number of aromatic nitrogens is 4. The van der Waals surface area contributed by atoms with E-state index < -0.39 is 11.5 Å². The second-order valence-corrected chi connectivity index (χ2v) is 12.8. The molecule has 45 heavy (non-hydrogen) atoms. The number of carboxylic acids is 1. The van der Waals surface area contributed by atoms with Crippen LogP contribution in [0.1, 0.15) is 59.9 Å². The van der Waals surface area contributed by atoms with Crippen molar-refractivity contribution in [3.05, 3.63) is 102 Å². The van der Waals surface area contributed by atoms with E-state index in [0.717, 1.165) is 55.5 Å². The van der Waals surface area contributed by atoms with Gasteiger partial charge in [0.1, 0.15) is 5.82 Å². The molecule has 0 spiro atoms. The van der Waals surface area contributed by atoms with Crippen molar-refractivity contribution in [2.75, 3.05) is 18.4 Å². The Morgan fingerprint density at radius 2 is 1.67 bits per heavy atom. The van der Waals surface area contributed by atoms with Crippen LogP contribution in [0.2, 0.25) is 0 Å². The summed E-state index contributed by atoms with van der Waals surface area (Å²) in [6, 6.07) is 19.0. The maximum absolute atomic E-state index is 13.7. The number of anilines is 1. The minimum absolute atomic E-state index is 0.291. The van der Waals surface area contributed by atoms with Crippen LogP contribution < -0.4 is 5.32 Å². The van der Waals surface area contributed by atoms with E-state index in [-0.39, 0.29) is 11.7 Å². The number of rotatable bonds is 8. The van der Waals surface area contributed by atoms with Crippen LogP contribution in [0.3, 0.4) is 0 Å². The number of carbonyl (C=O) groups is 2. The summed E-state index contributed by atoms with van der Waals surface area (Å²) < 4.78 is 17.5. The lowest BCUT2D eigenvalue weighted by Gasteiger charge is -2.32. The summed E-state index contributed by atoms with van der Waals surface area (Å²) in [5.41, 5.74) is 4.40. The maximum atomic E-state index is 13.7. The Hall–Kier alpha value is -4.83. The first kappa shape index (κ1) is 30.2. The third-order valence-electron chi connectivity index (χ3n) is 8.41. The average Bonchev–Trinajstić information content (AvgIpc) is 3.64. The zero-order valence-electron chi connectivity index (χ0n) is 25.7. The quantitative estimate of drug-likeness (QED) is 0.204. The van der Waals surface area contributed by atoms with Crippen molar-refractivity contribution in [2.24, 2.45) is 5.92 Å². The van der Waals surface area contributed by atoms with Gasteiger partial charge < -0.3 is 10.4 Å². The number of benzene rings is 3. The van der Waals surface area contributed by atoms with E-state index in [1.54, 1.807) is 35.1 Å². The number of nitrogens with one attached hydrogen (secondary N) is 1. The summed E-state index contributed by atoms with van der Waals surface area (Å²) >= 11 is 0. The number of nitrogens with zero attached hydrogens (tertiary/aromatic N) is 5. The lowest BCUT2D eigenvalue weighted by atomic mass is 9.96. The van der Waals surface area contributed by atoms with Gasteiger partial charge >= 0.3 is 5.97 Å². The maximum Gasteiger partial charge on any atom is 0.335 e. The molecule has 232 valence electrons. The molecule has 1 aliphatic rings. The Bertz CT molecular complexity index is 1830. The number of carboxylic acid groups (broad SMARTS) is 1. The standard InChI is InChI=1S/C35H37FN6O3/c1-35(2,3)42-32(25-8-11-28(36)12-9-25)30(20-38-42)33(43)39-29-13-10-27-19-37-41(31(27)18-29)22-24-14-16-40(17-15-24)21-23-4-6-26(7-5-23)34(44)45/h4-13,18-20,24H,14-17,21-22H2,1-3H3,(H,39,43)(H,44,45). The highest BCUT2D eigenvalue weighted by Gasteiger charge is 2.26. The van der Waals surface area contributed by atoms with Gasteiger partial charge in [-0.05, 0) is 113 Å². The number of halogens is 1. The van der Waals surface area contributed by atoms with Crippen LogP contribution in [0.4, 0.5) is 10.1 Å². The lowest BCUT2D eigenvalue weighted by molar-refractivity contribution is 0.0696. The number of amides is 1. The van der Waals surface area contributed by atoms with Crippen molar-refractivity contribution in [3.63, 3.8) is 0 Å². The Morgan fingerprint density at radius 1 is 0.956 bits per heavy atom. The molecule has 0 saturated carbocycles. The van der Waals surface area contributed by atoms with Gasteiger partial charge in [0, 0.05) is 29.7 Å². The first-order valence-electron chi connectivity index (χ1n) is 15.2. The van der Waals surface area contributed by atoms with Crippen molar-refractivity contribution in [3.8, 4) is 11.3 Å². The number of hydrogen-bond donors (Lipinski definition) is 2. The fourth-order valence-electron chi connectivity index (χ4n) is 5.98. The molecule has 0 radical (unpaired) electrons. The van der Waals surface area contributed by atoms with Crippen LogP contribution >= 0.6 is 0 Å². The number of carbonyl (C=O) groups excluding carboxylic acids is 1. The molecule has 3 aromatic carbocycles. The summed E-state index contributed by atoms with van der Waals surface area (Å²) in [7, 11) is 0. The summed E-state index contributed by atoms with van der Waals surface area (Å²) in [6.07, 6.45) is 5.50. The largest absolute Gasteiger partial charge is 0.478 e. The molecular formula is C35H37FN6O3. The molecule has 10 heteroatoms. The number of hydrogen-bond acceptors (Lipinski definition) is 5. The molecule has 0 aliphatic carbocycles. The first-order valence-corrected chi connectivity index (χ1v) is 15.2. The fraction of sp³-hybridized carbons (Fsp3) is 0.314. The van der Waals surface area contributed by atoms with Crippen LogP contribution in [-0.4, -0.2) is 54.5 Å². The molecule has 1 saturated heterocycles. The summed E-state index contributed by atoms with van der Waals surface area (Å²) in [5.74, 6) is -1.07. The van der Waals surface area contributed by atoms with Gasteiger partial charge in [-0.3, -0.25) is 19.1 Å². The minimum Gasteiger partial charge on any atom is -0.478 e. The van der Waals surface area contributed by atoms with E-state index in [0.29, 0.717) is 34.0 Å². The molecule has 2 aromatic heterocycles. The lowest BCUT2D eigenvalue weighted by Crippen LogP contribution is -2.34. The van der Waals surface area contributed by atoms with Gasteiger partial charge in [-0.15, -0.1) is 0 Å². The number of aromatic carboxylic acids is 1. The summed E-state index contributed by atoms with van der Waals surface area (Å²) in [4.78, 5) is 27.1. The number of piperidine rings is 1. The van der Waals surface area contributed by atoms with Gasteiger partial charge in [0.15, 0.2) is 0 Å². The molecule has 3 heterocycles. The van der Waals surface area contributed by atoms with Gasteiger partial charge in [0.25, 0.3) is 5.91 Å². The average molecular weight is 609 g/mol. The molecule has 0 atom stereocenters. The van der Waals surface area contributed by atoms with Crippen LogP contribution in [0, 0.1) is 11.7 Å². The molecule has 6 rings (SSSR count). The minimum atomic E-state index is -0.910. The van der Waals surface area contributed by atoms with E-state index >= 15 is 0 Å². The van der Waals surface area contributed by atoms with Crippen molar-refractivity contribution in [2.45, 2.75) is 52.2 Å². The molecule has 1 fully saturated rings. The highest BCUT2D eigenvalue weighted by molar-refractivity contribution is 6.08. The topological polar surface area (TPSA) is 105 Å². The van der Waals surface area contributed by atoms with E-state index in [1.807, 2.05) is 62.0 Å². The van der Waals surface area contributed by atoms with Crippen LogP contribution in [0.25, 0.3) is 22.2 Å². The predicted octanol–water partition coefficient (Wildman–Crippen LogP) is 6.66. The van der Waals surface area contributed by atoms with Gasteiger partial charge in [-0.2, -0.15) is 10.2 Å². The van der Waals surface area contributed by atoms with Crippen LogP contribution in [0.5, 0.6) is 0 Å². The van der Waals surface area contributed by atoms with Crippen molar-refractivity contribution in [1.29, 1.82) is 0 Å². The van der Waals surface area contributed by atoms with Crippen molar-refractivity contribution >= 4 is 28.5 Å². The van der Waals surface area contributed by atoms with Crippen molar-refractivity contribution < 1.29 is 19.1 Å². The van der Waals surface area contributed by atoms with Gasteiger partial charge in [0.05, 0.1) is 40.3 Å². The zero-order chi connectivity index (χ0) is 31.7. The smallest absolute Gasteiger partial charge is 0.335 e. The SMILES string of the molecule is CC(C)(C)n1ncc(C(=O)Nc2ccc3cnn(CC4CCN(Cc5ccc(C(=O)O)cc5)CC4)c3c2)c1-c1ccc(F)cc1. The first-order chi connectivity index (χ1) is 21.5. The molecule has 5 aromatic rings.